The number of carbonyl (C=O) groups excluding carboxylic acids is 1. The lowest BCUT2D eigenvalue weighted by Crippen LogP contribution is -2.54. The van der Waals surface area contributed by atoms with Crippen LogP contribution >= 0.6 is 0 Å². The van der Waals surface area contributed by atoms with Crippen LogP contribution in [0.2, 0.25) is 0 Å². The smallest absolute Gasteiger partial charge is 0.233 e. The molecule has 0 aromatic rings. The van der Waals surface area contributed by atoms with Gasteiger partial charge in [-0.2, -0.15) is 0 Å². The Hall–Kier alpha value is -1.11. The molecule has 7 heteroatoms. The van der Waals surface area contributed by atoms with Crippen molar-refractivity contribution in [2.24, 2.45) is 16.3 Å². The number of nitrogens with one attached hydrogen (secondary N) is 1. The van der Waals surface area contributed by atoms with Gasteiger partial charge in [0.25, 0.3) is 0 Å². The average molecular weight is 261 g/mol. The van der Waals surface area contributed by atoms with Crippen LogP contribution in [0.25, 0.3) is 0 Å². The van der Waals surface area contributed by atoms with E-state index in [9.17, 15) is 9.00 Å². The van der Waals surface area contributed by atoms with Crippen LogP contribution in [0.1, 0.15) is 26.2 Å². The molecule has 0 saturated heterocycles. The molecule has 0 aromatic carbocycles. The van der Waals surface area contributed by atoms with Crippen molar-refractivity contribution in [2.45, 2.75) is 26.2 Å². The van der Waals surface area contributed by atoms with Crippen molar-refractivity contribution in [2.75, 3.05) is 18.1 Å². The summed E-state index contributed by atoms with van der Waals surface area (Å²) in [5.74, 6) is 0.764. The van der Waals surface area contributed by atoms with Crippen molar-refractivity contribution in [3.8, 4) is 0 Å². The highest BCUT2D eigenvalue weighted by molar-refractivity contribution is 7.84. The molecule has 0 aromatic heterocycles. The average Bonchev–Trinajstić information content (AvgIpc) is 2.26. The summed E-state index contributed by atoms with van der Waals surface area (Å²) in [7, 11) is -0.892. The van der Waals surface area contributed by atoms with E-state index in [0.29, 0.717) is 30.9 Å². The number of nitrogens with two attached hydrogens (primary N) is 1. The monoisotopic (exact) mass is 261 g/mol. The van der Waals surface area contributed by atoms with Crippen LogP contribution < -0.4 is 11.1 Å². The van der Waals surface area contributed by atoms with Crippen LogP contribution in [-0.4, -0.2) is 39.2 Å². The highest BCUT2D eigenvalue weighted by Crippen LogP contribution is 2.41. The Kier molecular flexibility index (Phi) is 4.92. The molecule has 0 bridgehead atoms. The molecule has 0 heterocycles. The molecule has 4 N–H and O–H groups in total. The van der Waals surface area contributed by atoms with Gasteiger partial charge in [0.15, 0.2) is 5.84 Å². The van der Waals surface area contributed by atoms with Crippen LogP contribution in [0.5, 0.6) is 0 Å². The molecule has 0 radical (unpaired) electrons. The van der Waals surface area contributed by atoms with E-state index in [1.54, 1.807) is 0 Å². The fourth-order valence-corrected chi connectivity index (χ4v) is 2.44. The van der Waals surface area contributed by atoms with E-state index in [1.807, 2.05) is 6.92 Å². The first-order chi connectivity index (χ1) is 8.06. The molecule has 1 atom stereocenters. The number of rotatable bonds is 6. The van der Waals surface area contributed by atoms with Gasteiger partial charge >= 0.3 is 0 Å². The van der Waals surface area contributed by atoms with Crippen molar-refractivity contribution in [1.82, 2.24) is 5.32 Å². The zero-order chi connectivity index (χ0) is 12.9. The fraction of sp³-hybridized carbons (Fsp3) is 0.800. The van der Waals surface area contributed by atoms with E-state index in [-0.39, 0.29) is 11.7 Å². The molecule has 6 nitrogen and oxygen atoms in total. The summed E-state index contributed by atoms with van der Waals surface area (Å²) in [5.41, 5.74) is 4.71. The van der Waals surface area contributed by atoms with Gasteiger partial charge in [0.1, 0.15) is 5.41 Å². The van der Waals surface area contributed by atoms with E-state index in [2.05, 4.69) is 10.5 Å². The molecule has 17 heavy (non-hydrogen) atoms. The van der Waals surface area contributed by atoms with Gasteiger partial charge in [0.2, 0.25) is 5.91 Å². The van der Waals surface area contributed by atoms with E-state index in [4.69, 9.17) is 10.9 Å². The molecular formula is C10H19N3O3S. The summed E-state index contributed by atoms with van der Waals surface area (Å²) in [4.78, 5) is 11.9. The second-order valence-corrected chi connectivity index (χ2v) is 5.97. The normalized spacial score (nSPS) is 20.4. The Morgan fingerprint density at radius 1 is 1.59 bits per heavy atom. The van der Waals surface area contributed by atoms with Gasteiger partial charge < -0.3 is 16.3 Å². The SMILES string of the molecule is CCS(=O)CCNC(=O)C1(C(N)=NO)CCC1. The second-order valence-electron chi connectivity index (χ2n) is 4.11. The molecule has 98 valence electrons. The fourth-order valence-electron chi connectivity index (χ4n) is 1.82. The summed E-state index contributed by atoms with van der Waals surface area (Å²) < 4.78 is 11.2. The molecule has 1 fully saturated rings. The van der Waals surface area contributed by atoms with Gasteiger partial charge in [0.05, 0.1) is 0 Å². The topological polar surface area (TPSA) is 105 Å². The molecule has 1 aliphatic rings. The second kappa shape index (κ2) is 6.00. The first-order valence-electron chi connectivity index (χ1n) is 5.68. The Morgan fingerprint density at radius 2 is 2.24 bits per heavy atom. The van der Waals surface area contributed by atoms with Crippen LogP contribution in [0.4, 0.5) is 0 Å². The number of hydrogen-bond acceptors (Lipinski definition) is 4. The maximum atomic E-state index is 11.9. The van der Waals surface area contributed by atoms with Gasteiger partial charge in [-0.15, -0.1) is 0 Å². The van der Waals surface area contributed by atoms with Crippen molar-refractivity contribution >= 4 is 22.5 Å². The minimum atomic E-state index is -0.892. The van der Waals surface area contributed by atoms with Crippen molar-refractivity contribution < 1.29 is 14.2 Å². The van der Waals surface area contributed by atoms with Gasteiger partial charge in [-0.3, -0.25) is 9.00 Å². The van der Waals surface area contributed by atoms with Crippen LogP contribution in [0.3, 0.4) is 0 Å². The number of oxime groups is 1. The van der Waals surface area contributed by atoms with Gasteiger partial charge in [-0.05, 0) is 12.8 Å². The standard InChI is InChI=1S/C10H19N3O3S/c1-2-17(16)7-6-12-9(14)10(4-3-5-10)8(11)13-15/h15H,2-7H2,1H3,(H2,11,13)(H,12,14). The number of amides is 1. The van der Waals surface area contributed by atoms with Gasteiger partial charge in [-0.1, -0.05) is 18.5 Å². The molecule has 1 aliphatic carbocycles. The zero-order valence-corrected chi connectivity index (χ0v) is 10.8. The molecule has 1 amide bonds. The zero-order valence-electron chi connectivity index (χ0n) is 9.94. The number of amidine groups is 1. The van der Waals surface area contributed by atoms with Crippen molar-refractivity contribution in [3.05, 3.63) is 0 Å². The molecule has 1 unspecified atom stereocenters. The lowest BCUT2D eigenvalue weighted by Gasteiger charge is -2.38. The van der Waals surface area contributed by atoms with Crippen LogP contribution in [0, 0.1) is 5.41 Å². The lowest BCUT2D eigenvalue weighted by molar-refractivity contribution is -0.130. The van der Waals surface area contributed by atoms with Crippen molar-refractivity contribution in [1.29, 1.82) is 0 Å². The number of hydrogen-bond donors (Lipinski definition) is 3. The third kappa shape index (κ3) is 2.96. The lowest BCUT2D eigenvalue weighted by atomic mass is 9.67. The Balaban J connectivity index is 2.48. The Morgan fingerprint density at radius 3 is 2.65 bits per heavy atom. The van der Waals surface area contributed by atoms with E-state index in [1.165, 1.54) is 0 Å². The van der Waals surface area contributed by atoms with E-state index in [0.717, 1.165) is 6.42 Å². The molecule has 1 saturated carbocycles. The molecule has 0 spiro atoms. The highest BCUT2D eigenvalue weighted by Gasteiger charge is 2.48. The summed E-state index contributed by atoms with van der Waals surface area (Å²) in [5, 5.41) is 14.3. The van der Waals surface area contributed by atoms with Gasteiger partial charge in [-0.25, -0.2) is 0 Å². The third-order valence-corrected chi connectivity index (χ3v) is 4.48. The maximum absolute atomic E-state index is 11.9. The molecule has 1 rings (SSSR count). The van der Waals surface area contributed by atoms with Crippen molar-refractivity contribution in [3.63, 3.8) is 0 Å². The van der Waals surface area contributed by atoms with Gasteiger partial charge in [0, 0.05) is 28.9 Å². The quantitative estimate of drug-likeness (QED) is 0.266. The minimum Gasteiger partial charge on any atom is -0.409 e. The number of carbonyl (C=O) groups is 1. The van der Waals surface area contributed by atoms with Crippen LogP contribution in [0.15, 0.2) is 5.16 Å². The maximum Gasteiger partial charge on any atom is 0.233 e. The number of nitrogens with zero attached hydrogens (tertiary/aromatic N) is 1. The Bertz CT molecular complexity index is 340. The summed E-state index contributed by atoms with van der Waals surface area (Å²) in [6.07, 6.45) is 2.10. The summed E-state index contributed by atoms with van der Waals surface area (Å²) in [6, 6.07) is 0. The first kappa shape index (κ1) is 14.0. The first-order valence-corrected chi connectivity index (χ1v) is 7.17. The van der Waals surface area contributed by atoms with Crippen LogP contribution in [-0.2, 0) is 15.6 Å². The summed E-state index contributed by atoms with van der Waals surface area (Å²) >= 11 is 0. The highest BCUT2D eigenvalue weighted by atomic mass is 32.2. The molecular weight excluding hydrogens is 242 g/mol. The largest absolute Gasteiger partial charge is 0.409 e. The van der Waals surface area contributed by atoms with E-state index >= 15 is 0 Å². The predicted octanol–water partition coefficient (Wildman–Crippen LogP) is -0.212. The minimum absolute atomic E-state index is 0.0298. The predicted molar refractivity (Wildman–Crippen MR) is 66.3 cm³/mol. The third-order valence-electron chi connectivity index (χ3n) is 3.18. The Labute approximate surface area is 103 Å². The van der Waals surface area contributed by atoms with E-state index < -0.39 is 16.2 Å². The summed E-state index contributed by atoms with van der Waals surface area (Å²) in [6.45, 7) is 2.20. The molecule has 0 aliphatic heterocycles.